The summed E-state index contributed by atoms with van der Waals surface area (Å²) in [5.74, 6) is -0.0867. The van der Waals surface area contributed by atoms with Gasteiger partial charge in [0.05, 0.1) is 16.8 Å². The lowest BCUT2D eigenvalue weighted by molar-refractivity contribution is -0.113. The molecule has 0 radical (unpaired) electrons. The molecule has 94 valence electrons. The maximum atomic E-state index is 12.4. The van der Waals surface area contributed by atoms with E-state index in [4.69, 9.17) is 12.2 Å². The average molecular weight is 304 g/mol. The van der Waals surface area contributed by atoms with Crippen molar-refractivity contribution in [3.63, 3.8) is 0 Å². The first-order valence-electron chi connectivity index (χ1n) is 5.47. The molecule has 1 amide bonds. The van der Waals surface area contributed by atoms with Crippen LogP contribution in [-0.4, -0.2) is 15.2 Å². The van der Waals surface area contributed by atoms with Gasteiger partial charge in [0.2, 0.25) is 0 Å². The number of amides is 1. The minimum Gasteiger partial charge on any atom is -0.268 e. The molecule has 1 saturated heterocycles. The molecule has 19 heavy (non-hydrogen) atoms. The molecule has 2 aromatic heterocycles. The Bertz CT molecular complexity index is 650. The van der Waals surface area contributed by atoms with E-state index < -0.39 is 0 Å². The Morgan fingerprint density at radius 1 is 1.32 bits per heavy atom. The maximum Gasteiger partial charge on any atom is 0.270 e. The fraction of sp³-hybridized carbons (Fsp3) is 0. The number of rotatable bonds is 2. The van der Waals surface area contributed by atoms with Crippen LogP contribution >= 0.6 is 35.3 Å². The van der Waals surface area contributed by atoms with E-state index in [-0.39, 0.29) is 5.91 Å². The van der Waals surface area contributed by atoms with Crippen molar-refractivity contribution in [2.24, 2.45) is 0 Å². The van der Waals surface area contributed by atoms with E-state index in [1.54, 1.807) is 29.8 Å². The van der Waals surface area contributed by atoms with Gasteiger partial charge in [-0.1, -0.05) is 30.0 Å². The van der Waals surface area contributed by atoms with Gasteiger partial charge in [-0.25, -0.2) is 0 Å². The van der Waals surface area contributed by atoms with E-state index >= 15 is 0 Å². The number of thiocarbonyl (C=S) groups is 1. The third-order valence-corrected chi connectivity index (χ3v) is 4.64. The van der Waals surface area contributed by atoms with E-state index in [1.807, 2.05) is 29.7 Å². The molecule has 0 atom stereocenters. The van der Waals surface area contributed by atoms with Crippen molar-refractivity contribution in [2.45, 2.75) is 0 Å². The molecule has 3 heterocycles. The second-order valence-electron chi connectivity index (χ2n) is 3.74. The van der Waals surface area contributed by atoms with Crippen LogP contribution in [0.1, 0.15) is 4.88 Å². The first kappa shape index (κ1) is 12.5. The second kappa shape index (κ2) is 5.24. The van der Waals surface area contributed by atoms with Gasteiger partial charge in [-0.3, -0.25) is 14.7 Å². The monoisotopic (exact) mass is 304 g/mol. The van der Waals surface area contributed by atoms with Crippen molar-refractivity contribution in [2.75, 3.05) is 4.90 Å². The molecule has 0 N–H and O–H groups in total. The Morgan fingerprint density at radius 2 is 2.21 bits per heavy atom. The molecule has 1 aliphatic heterocycles. The van der Waals surface area contributed by atoms with Gasteiger partial charge < -0.3 is 0 Å². The van der Waals surface area contributed by atoms with Crippen LogP contribution in [0.2, 0.25) is 0 Å². The van der Waals surface area contributed by atoms with E-state index in [9.17, 15) is 4.79 Å². The standard InChI is InChI=1S/C13H8N2OS3/c16-12-11(7-10-4-2-6-18-10)19-13(17)15(12)9-3-1-5-14-8-9/h1-8H/b11-7-. The summed E-state index contributed by atoms with van der Waals surface area (Å²) in [6.07, 6.45) is 5.18. The van der Waals surface area contributed by atoms with E-state index in [0.29, 0.717) is 14.9 Å². The summed E-state index contributed by atoms with van der Waals surface area (Å²) in [5.41, 5.74) is 0.708. The van der Waals surface area contributed by atoms with Gasteiger partial charge in [-0.2, -0.15) is 0 Å². The van der Waals surface area contributed by atoms with Gasteiger partial charge in [-0.05, 0) is 29.7 Å². The zero-order valence-corrected chi connectivity index (χ0v) is 12.1. The van der Waals surface area contributed by atoms with E-state index in [2.05, 4.69) is 4.98 Å². The molecule has 0 saturated carbocycles. The number of hydrogen-bond acceptors (Lipinski definition) is 5. The van der Waals surface area contributed by atoms with Gasteiger partial charge in [-0.15, -0.1) is 11.3 Å². The molecule has 1 aliphatic rings. The van der Waals surface area contributed by atoms with Gasteiger partial charge in [0.1, 0.15) is 0 Å². The van der Waals surface area contributed by atoms with Crippen LogP contribution in [0, 0.1) is 0 Å². The highest BCUT2D eigenvalue weighted by Crippen LogP contribution is 2.36. The molecule has 0 aliphatic carbocycles. The van der Waals surface area contributed by atoms with Crippen molar-refractivity contribution < 1.29 is 4.79 Å². The number of hydrogen-bond donors (Lipinski definition) is 0. The zero-order valence-electron chi connectivity index (χ0n) is 9.65. The highest BCUT2D eigenvalue weighted by atomic mass is 32.2. The highest BCUT2D eigenvalue weighted by Gasteiger charge is 2.33. The van der Waals surface area contributed by atoms with Crippen LogP contribution < -0.4 is 4.90 Å². The fourth-order valence-corrected chi connectivity index (χ4v) is 3.70. The van der Waals surface area contributed by atoms with Crippen LogP contribution in [0.3, 0.4) is 0 Å². The number of carbonyl (C=O) groups is 1. The van der Waals surface area contributed by atoms with Crippen molar-refractivity contribution in [3.05, 3.63) is 51.8 Å². The number of carbonyl (C=O) groups excluding carboxylic acids is 1. The van der Waals surface area contributed by atoms with Crippen molar-refractivity contribution in [1.29, 1.82) is 0 Å². The quantitative estimate of drug-likeness (QED) is 0.627. The van der Waals surface area contributed by atoms with Crippen molar-refractivity contribution >= 4 is 57.3 Å². The Labute approximate surface area is 124 Å². The normalized spacial score (nSPS) is 17.5. The van der Waals surface area contributed by atoms with Gasteiger partial charge >= 0.3 is 0 Å². The average Bonchev–Trinajstić information content (AvgIpc) is 3.01. The molecular weight excluding hydrogens is 296 g/mol. The smallest absolute Gasteiger partial charge is 0.268 e. The fourth-order valence-electron chi connectivity index (χ4n) is 1.68. The third kappa shape index (κ3) is 2.47. The number of aromatic nitrogens is 1. The zero-order chi connectivity index (χ0) is 13.2. The lowest BCUT2D eigenvalue weighted by Gasteiger charge is -2.13. The first-order valence-corrected chi connectivity index (χ1v) is 7.57. The molecule has 1 fully saturated rings. The van der Waals surface area contributed by atoms with Gasteiger partial charge in [0.15, 0.2) is 4.32 Å². The molecule has 0 bridgehead atoms. The molecule has 0 spiro atoms. The first-order chi connectivity index (χ1) is 9.25. The Balaban J connectivity index is 1.94. The predicted molar refractivity (Wildman–Crippen MR) is 84.2 cm³/mol. The van der Waals surface area contributed by atoms with Gasteiger partial charge in [0, 0.05) is 11.1 Å². The van der Waals surface area contributed by atoms with Crippen molar-refractivity contribution in [3.8, 4) is 0 Å². The summed E-state index contributed by atoms with van der Waals surface area (Å²) in [7, 11) is 0. The molecule has 3 nitrogen and oxygen atoms in total. The van der Waals surface area contributed by atoms with Crippen LogP contribution in [0.4, 0.5) is 5.69 Å². The second-order valence-corrected chi connectivity index (χ2v) is 6.40. The summed E-state index contributed by atoms with van der Waals surface area (Å²) in [6.45, 7) is 0. The molecule has 2 aromatic rings. The molecular formula is C13H8N2OS3. The number of thioether (sulfide) groups is 1. The maximum absolute atomic E-state index is 12.4. The SMILES string of the molecule is O=C1/C(=C/c2cccs2)SC(=S)N1c1cccnc1. The van der Waals surface area contributed by atoms with Crippen LogP contribution in [0.15, 0.2) is 46.9 Å². The summed E-state index contributed by atoms with van der Waals surface area (Å²) in [6, 6.07) is 7.54. The molecule has 0 unspecified atom stereocenters. The predicted octanol–water partition coefficient (Wildman–Crippen LogP) is 3.55. The largest absolute Gasteiger partial charge is 0.270 e. The summed E-state index contributed by atoms with van der Waals surface area (Å²) >= 11 is 8.19. The summed E-state index contributed by atoms with van der Waals surface area (Å²) < 4.78 is 0.542. The molecule has 6 heteroatoms. The molecule has 3 rings (SSSR count). The summed E-state index contributed by atoms with van der Waals surface area (Å²) in [4.78, 5) is 19.6. The van der Waals surface area contributed by atoms with Crippen molar-refractivity contribution in [1.82, 2.24) is 4.98 Å². The Morgan fingerprint density at radius 3 is 2.89 bits per heavy atom. The minimum absolute atomic E-state index is 0.0867. The summed E-state index contributed by atoms with van der Waals surface area (Å²) in [5, 5.41) is 1.98. The Hall–Kier alpha value is -1.50. The number of nitrogens with zero attached hydrogens (tertiary/aromatic N) is 2. The Kier molecular flexibility index (Phi) is 3.46. The minimum atomic E-state index is -0.0867. The third-order valence-electron chi connectivity index (χ3n) is 2.51. The van der Waals surface area contributed by atoms with Crippen LogP contribution in [0.5, 0.6) is 0 Å². The van der Waals surface area contributed by atoms with E-state index in [0.717, 1.165) is 4.88 Å². The molecule has 0 aromatic carbocycles. The van der Waals surface area contributed by atoms with E-state index in [1.165, 1.54) is 16.7 Å². The number of anilines is 1. The topological polar surface area (TPSA) is 33.2 Å². The lowest BCUT2D eigenvalue weighted by Crippen LogP contribution is -2.27. The highest BCUT2D eigenvalue weighted by molar-refractivity contribution is 8.27. The number of pyridine rings is 1. The van der Waals surface area contributed by atoms with Crippen LogP contribution in [-0.2, 0) is 4.79 Å². The van der Waals surface area contributed by atoms with Gasteiger partial charge in [0.25, 0.3) is 5.91 Å². The number of thiophene rings is 1. The lowest BCUT2D eigenvalue weighted by atomic mass is 10.3. The van der Waals surface area contributed by atoms with Crippen LogP contribution in [0.25, 0.3) is 6.08 Å².